The molecule has 0 spiro atoms. The zero-order valence-corrected chi connectivity index (χ0v) is 10.5. The average Bonchev–Trinajstić information content (AvgIpc) is 2.28. The van der Waals surface area contributed by atoms with E-state index < -0.39 is 5.97 Å². The Morgan fingerprint density at radius 1 is 1.44 bits per heavy atom. The maximum Gasteiger partial charge on any atom is 0.305 e. The van der Waals surface area contributed by atoms with Gasteiger partial charge in [0.15, 0.2) is 0 Å². The summed E-state index contributed by atoms with van der Waals surface area (Å²) in [7, 11) is 1.65. The molecule has 2 unspecified atom stereocenters. The maximum atomic E-state index is 11.0. The minimum Gasteiger partial charge on any atom is -0.481 e. The number of aliphatic carboxylic acids is 1. The predicted octanol–water partition coefficient (Wildman–Crippen LogP) is 1.74. The van der Waals surface area contributed by atoms with E-state index in [2.05, 4.69) is 4.90 Å². The molecule has 0 aliphatic carbocycles. The van der Waals surface area contributed by atoms with E-state index in [0.717, 1.165) is 25.9 Å². The van der Waals surface area contributed by atoms with Gasteiger partial charge in [0.25, 0.3) is 0 Å². The second-order valence-corrected chi connectivity index (χ2v) is 4.85. The summed E-state index contributed by atoms with van der Waals surface area (Å²) in [6, 6.07) is 0. The van der Waals surface area contributed by atoms with Crippen molar-refractivity contribution in [1.82, 2.24) is 4.90 Å². The topological polar surface area (TPSA) is 49.8 Å². The summed E-state index contributed by atoms with van der Waals surface area (Å²) in [5.41, 5.74) is -0.388. The molecule has 2 atom stereocenters. The van der Waals surface area contributed by atoms with Crippen LogP contribution in [0.15, 0.2) is 0 Å². The molecule has 4 heteroatoms. The van der Waals surface area contributed by atoms with Gasteiger partial charge < -0.3 is 9.84 Å². The van der Waals surface area contributed by atoms with Crippen molar-refractivity contribution in [3.63, 3.8) is 0 Å². The van der Waals surface area contributed by atoms with Crippen molar-refractivity contribution in [2.24, 2.45) is 0 Å². The fraction of sp³-hybridized carbons (Fsp3) is 0.917. The van der Waals surface area contributed by atoms with Crippen LogP contribution in [0.1, 0.15) is 39.5 Å². The third kappa shape index (κ3) is 2.95. The van der Waals surface area contributed by atoms with E-state index in [1.165, 1.54) is 6.42 Å². The summed E-state index contributed by atoms with van der Waals surface area (Å²) in [4.78, 5) is 13.3. The molecule has 0 bridgehead atoms. The number of carbonyl (C=O) groups is 1. The summed E-state index contributed by atoms with van der Waals surface area (Å²) in [6.07, 6.45) is 3.64. The molecule has 1 N–H and O–H groups in total. The molecule has 1 heterocycles. The largest absolute Gasteiger partial charge is 0.481 e. The molecule has 0 amide bonds. The van der Waals surface area contributed by atoms with Crippen LogP contribution < -0.4 is 0 Å². The first-order valence-electron chi connectivity index (χ1n) is 6.00. The Morgan fingerprint density at radius 3 is 2.44 bits per heavy atom. The van der Waals surface area contributed by atoms with Crippen LogP contribution in [0.4, 0.5) is 0 Å². The maximum absolute atomic E-state index is 11.0. The van der Waals surface area contributed by atoms with Gasteiger partial charge in [-0.15, -0.1) is 0 Å². The van der Waals surface area contributed by atoms with E-state index in [1.807, 2.05) is 13.8 Å². The molecule has 1 rings (SSSR count). The van der Waals surface area contributed by atoms with E-state index in [9.17, 15) is 4.79 Å². The fourth-order valence-corrected chi connectivity index (χ4v) is 2.48. The van der Waals surface area contributed by atoms with Gasteiger partial charge in [-0.25, -0.2) is 0 Å². The lowest BCUT2D eigenvalue weighted by molar-refractivity contribution is -0.144. The van der Waals surface area contributed by atoms with Crippen LogP contribution in [0.3, 0.4) is 0 Å². The van der Waals surface area contributed by atoms with Crippen molar-refractivity contribution >= 4 is 5.97 Å². The molecule has 1 aliphatic heterocycles. The van der Waals surface area contributed by atoms with Crippen LogP contribution in [0, 0.1) is 0 Å². The van der Waals surface area contributed by atoms with Crippen molar-refractivity contribution < 1.29 is 14.6 Å². The number of rotatable bonds is 5. The highest BCUT2D eigenvalue weighted by Crippen LogP contribution is 2.28. The Balaban J connectivity index is 2.79. The molecular formula is C12H23NO3. The average molecular weight is 229 g/mol. The van der Waals surface area contributed by atoms with Crippen LogP contribution in [-0.4, -0.2) is 47.8 Å². The van der Waals surface area contributed by atoms with Gasteiger partial charge in [0, 0.05) is 7.11 Å². The van der Waals surface area contributed by atoms with Crippen molar-refractivity contribution in [1.29, 1.82) is 0 Å². The molecule has 94 valence electrons. The van der Waals surface area contributed by atoms with E-state index in [0.29, 0.717) is 0 Å². The minimum atomic E-state index is -0.753. The number of carboxylic acids is 1. The molecule has 0 radical (unpaired) electrons. The summed E-state index contributed by atoms with van der Waals surface area (Å²) in [5, 5.41) is 9.04. The Bertz CT molecular complexity index is 238. The normalized spacial score (nSPS) is 23.7. The standard InChI is InChI=1S/C12H23NO3/c1-10(16-3)12(2,9-11(14)15)13-7-5-4-6-8-13/h10H,4-9H2,1-3H3,(H,14,15). The Hall–Kier alpha value is -0.610. The number of hydrogen-bond donors (Lipinski definition) is 1. The van der Waals surface area contributed by atoms with Gasteiger partial charge in [-0.2, -0.15) is 0 Å². The summed E-state index contributed by atoms with van der Waals surface area (Å²) < 4.78 is 5.36. The van der Waals surface area contributed by atoms with Crippen molar-refractivity contribution in [3.05, 3.63) is 0 Å². The quantitative estimate of drug-likeness (QED) is 0.780. The minimum absolute atomic E-state index is 0.0679. The molecule has 0 aromatic carbocycles. The molecule has 4 nitrogen and oxygen atoms in total. The SMILES string of the molecule is COC(C)C(C)(CC(=O)O)N1CCCCC1. The molecule has 0 aromatic rings. The predicted molar refractivity (Wildman–Crippen MR) is 62.6 cm³/mol. The van der Waals surface area contributed by atoms with Gasteiger partial charge in [0.2, 0.25) is 0 Å². The highest BCUT2D eigenvalue weighted by atomic mass is 16.5. The third-order valence-electron chi connectivity index (χ3n) is 3.82. The van der Waals surface area contributed by atoms with Crippen molar-refractivity contribution in [3.8, 4) is 0 Å². The van der Waals surface area contributed by atoms with E-state index >= 15 is 0 Å². The molecule has 0 saturated carbocycles. The van der Waals surface area contributed by atoms with Gasteiger partial charge in [-0.3, -0.25) is 9.69 Å². The zero-order valence-electron chi connectivity index (χ0n) is 10.5. The second kappa shape index (κ2) is 5.64. The highest BCUT2D eigenvalue weighted by molar-refractivity contribution is 5.68. The van der Waals surface area contributed by atoms with Crippen LogP contribution in [-0.2, 0) is 9.53 Å². The smallest absolute Gasteiger partial charge is 0.305 e. The molecular weight excluding hydrogens is 206 g/mol. The zero-order chi connectivity index (χ0) is 12.2. The lowest BCUT2D eigenvalue weighted by Gasteiger charge is -2.45. The van der Waals surface area contributed by atoms with Gasteiger partial charge in [0.05, 0.1) is 18.1 Å². The molecule has 1 fully saturated rings. The Labute approximate surface area is 97.6 Å². The number of likely N-dealkylation sites (tertiary alicyclic amines) is 1. The van der Waals surface area contributed by atoms with Gasteiger partial charge in [0.1, 0.15) is 0 Å². The molecule has 1 saturated heterocycles. The molecule has 1 aliphatic rings. The van der Waals surface area contributed by atoms with Crippen LogP contribution in [0.5, 0.6) is 0 Å². The highest BCUT2D eigenvalue weighted by Gasteiger charge is 2.40. The molecule has 16 heavy (non-hydrogen) atoms. The monoisotopic (exact) mass is 229 g/mol. The lowest BCUT2D eigenvalue weighted by atomic mass is 9.87. The molecule has 0 aromatic heterocycles. The first-order valence-corrected chi connectivity index (χ1v) is 6.00. The fourth-order valence-electron chi connectivity index (χ4n) is 2.48. The second-order valence-electron chi connectivity index (χ2n) is 4.85. The van der Waals surface area contributed by atoms with E-state index in [-0.39, 0.29) is 18.1 Å². The number of ether oxygens (including phenoxy) is 1. The summed E-state index contributed by atoms with van der Waals surface area (Å²) in [6.45, 7) is 5.92. The van der Waals surface area contributed by atoms with Gasteiger partial charge in [-0.1, -0.05) is 6.42 Å². The Kier molecular flexibility index (Phi) is 4.74. The number of piperidine rings is 1. The number of nitrogens with zero attached hydrogens (tertiary/aromatic N) is 1. The van der Waals surface area contributed by atoms with E-state index in [1.54, 1.807) is 7.11 Å². The van der Waals surface area contributed by atoms with Crippen molar-refractivity contribution in [2.75, 3.05) is 20.2 Å². The Morgan fingerprint density at radius 2 is 2.00 bits per heavy atom. The van der Waals surface area contributed by atoms with Crippen LogP contribution in [0.2, 0.25) is 0 Å². The first kappa shape index (κ1) is 13.5. The van der Waals surface area contributed by atoms with Crippen LogP contribution >= 0.6 is 0 Å². The van der Waals surface area contributed by atoms with Gasteiger partial charge in [-0.05, 0) is 39.8 Å². The van der Waals surface area contributed by atoms with E-state index in [4.69, 9.17) is 9.84 Å². The first-order chi connectivity index (χ1) is 7.50. The lowest BCUT2D eigenvalue weighted by Crippen LogP contribution is -2.57. The third-order valence-corrected chi connectivity index (χ3v) is 3.82. The van der Waals surface area contributed by atoms with Crippen molar-refractivity contribution in [2.45, 2.75) is 51.2 Å². The van der Waals surface area contributed by atoms with Gasteiger partial charge >= 0.3 is 5.97 Å². The number of carboxylic acid groups (broad SMARTS) is 1. The summed E-state index contributed by atoms with van der Waals surface area (Å²) in [5.74, 6) is -0.753. The number of hydrogen-bond acceptors (Lipinski definition) is 3. The summed E-state index contributed by atoms with van der Waals surface area (Å²) >= 11 is 0. The van der Waals surface area contributed by atoms with Crippen LogP contribution in [0.25, 0.3) is 0 Å². The number of methoxy groups -OCH3 is 1.